The molecule has 0 fully saturated rings. The smallest absolute Gasteiger partial charge is 0.300 e. The van der Waals surface area contributed by atoms with Crippen molar-refractivity contribution in [2.45, 2.75) is 55.4 Å². The Bertz CT molecular complexity index is 551. The molecule has 0 amide bonds. The Morgan fingerprint density at radius 1 is 0.385 bits per heavy atom. The molecule has 21 nitrogen and oxygen atoms in total. The van der Waals surface area contributed by atoms with Crippen LogP contribution >= 0.6 is 0 Å². The van der Waals surface area contributed by atoms with Gasteiger partial charge in [-0.25, -0.2) is 0 Å². The van der Waals surface area contributed by atoms with Crippen LogP contribution in [0.3, 0.4) is 0 Å². The SMILES string of the molecule is CC(=O)O.CC(=O)O.CC(=O)O.CC(=O)O.CC(=O)O.CC(=O)O.CC(=O)O.CC(=O)O.N=C(N)NC(=N)N. The van der Waals surface area contributed by atoms with Gasteiger partial charge in [-0.3, -0.25) is 54.5 Å². The Kier molecular flexibility index (Phi) is 75.0. The van der Waals surface area contributed by atoms with Crippen LogP contribution < -0.4 is 16.8 Å². The largest absolute Gasteiger partial charge is 0.481 e. The molecule has 0 radical (unpaired) electrons. The quantitative estimate of drug-likeness (QED) is 0.121. The molecular formula is C18H39N5O16. The molecular weight excluding hydrogens is 542 g/mol. The van der Waals surface area contributed by atoms with Crippen molar-refractivity contribution in [1.82, 2.24) is 5.32 Å². The summed E-state index contributed by atoms with van der Waals surface area (Å²) in [6.07, 6.45) is 0. The molecule has 0 aromatic heterocycles. The summed E-state index contributed by atoms with van der Waals surface area (Å²) in [6, 6.07) is 0. The minimum absolute atomic E-state index is 0.312. The number of carboxylic acids is 8. The van der Waals surface area contributed by atoms with Gasteiger partial charge in [0, 0.05) is 55.4 Å². The summed E-state index contributed by atoms with van der Waals surface area (Å²) in [6.45, 7) is 8.67. The number of carboxylic acid groups (broad SMARTS) is 8. The molecule has 0 atom stereocenters. The summed E-state index contributed by atoms with van der Waals surface area (Å²) in [5, 5.41) is 74.3. The predicted molar refractivity (Wildman–Crippen MR) is 133 cm³/mol. The highest BCUT2D eigenvalue weighted by Crippen LogP contribution is 1.45. The zero-order chi connectivity index (χ0) is 34.5. The van der Waals surface area contributed by atoms with E-state index in [1.165, 1.54) is 0 Å². The third-order valence-electron chi connectivity index (χ3n) is 0.269. The van der Waals surface area contributed by atoms with Crippen LogP contribution in [0.1, 0.15) is 55.4 Å². The van der Waals surface area contributed by atoms with Crippen LogP contribution in [0.4, 0.5) is 0 Å². The Morgan fingerprint density at radius 2 is 0.436 bits per heavy atom. The van der Waals surface area contributed by atoms with E-state index in [0.29, 0.717) is 0 Å². The summed E-state index contributed by atoms with van der Waals surface area (Å²) in [5.41, 5.74) is 9.49. The van der Waals surface area contributed by atoms with Crippen LogP contribution in [0.25, 0.3) is 0 Å². The molecule has 0 saturated carbocycles. The van der Waals surface area contributed by atoms with Gasteiger partial charge in [-0.2, -0.15) is 0 Å². The molecule has 0 bridgehead atoms. The molecule has 0 rings (SSSR count). The van der Waals surface area contributed by atoms with E-state index < -0.39 is 47.8 Å². The zero-order valence-electron chi connectivity index (χ0n) is 22.5. The number of rotatable bonds is 0. The molecule has 21 heteroatoms. The number of aliphatic carboxylic acids is 8. The lowest BCUT2D eigenvalue weighted by atomic mass is 10.9. The Hall–Kier alpha value is -5.50. The fraction of sp³-hybridized carbons (Fsp3) is 0.444. The molecule has 232 valence electrons. The van der Waals surface area contributed by atoms with Gasteiger partial charge >= 0.3 is 0 Å². The van der Waals surface area contributed by atoms with Crippen LogP contribution in [0.2, 0.25) is 0 Å². The second kappa shape index (κ2) is 49.6. The van der Waals surface area contributed by atoms with Gasteiger partial charge in [0.25, 0.3) is 47.8 Å². The van der Waals surface area contributed by atoms with E-state index in [1.807, 2.05) is 5.32 Å². The maximum atomic E-state index is 9.00. The predicted octanol–water partition coefficient (Wildman–Crippen LogP) is -0.910. The second-order valence-corrected chi connectivity index (χ2v) is 5.10. The van der Waals surface area contributed by atoms with E-state index in [1.54, 1.807) is 0 Å². The maximum absolute atomic E-state index is 9.00. The van der Waals surface area contributed by atoms with E-state index in [0.717, 1.165) is 55.4 Å². The van der Waals surface area contributed by atoms with E-state index in [4.69, 9.17) is 101 Å². The lowest BCUT2D eigenvalue weighted by Crippen LogP contribution is -2.39. The monoisotopic (exact) mass is 581 g/mol. The first kappa shape index (κ1) is 58.9. The van der Waals surface area contributed by atoms with Crippen molar-refractivity contribution < 1.29 is 79.2 Å². The van der Waals surface area contributed by atoms with Crippen LogP contribution in [0.15, 0.2) is 0 Å². The molecule has 0 aliphatic carbocycles. The Labute approximate surface area is 222 Å². The fourth-order valence-corrected chi connectivity index (χ4v) is 0.145. The molecule has 0 saturated heterocycles. The standard InChI is InChI=1S/C2H7N5.8C2H4O2/c3-1(4)7-2(5)6;8*1-2(3)4/h(H7,3,4,5,6,7);8*1H3,(H,3,4). The summed E-state index contributed by atoms with van der Waals surface area (Å²) in [7, 11) is 0. The van der Waals surface area contributed by atoms with Crippen molar-refractivity contribution in [3.05, 3.63) is 0 Å². The number of nitrogens with two attached hydrogens (primary N) is 2. The van der Waals surface area contributed by atoms with Gasteiger partial charge in [-0.05, 0) is 0 Å². The number of guanidine groups is 2. The first-order valence-corrected chi connectivity index (χ1v) is 9.00. The zero-order valence-corrected chi connectivity index (χ0v) is 22.5. The van der Waals surface area contributed by atoms with Crippen molar-refractivity contribution in [1.29, 1.82) is 10.8 Å². The van der Waals surface area contributed by atoms with Crippen LogP contribution in [0.5, 0.6) is 0 Å². The summed E-state index contributed by atoms with van der Waals surface area (Å²) >= 11 is 0. The van der Waals surface area contributed by atoms with Crippen molar-refractivity contribution in [3.8, 4) is 0 Å². The first-order valence-electron chi connectivity index (χ1n) is 9.00. The van der Waals surface area contributed by atoms with Crippen LogP contribution in [-0.2, 0) is 38.4 Å². The second-order valence-electron chi connectivity index (χ2n) is 5.10. The lowest BCUT2D eigenvalue weighted by Gasteiger charge is -1.95. The molecule has 0 spiro atoms. The number of hydrogen-bond donors (Lipinski definition) is 13. The van der Waals surface area contributed by atoms with Gasteiger partial charge in [0.05, 0.1) is 0 Å². The van der Waals surface area contributed by atoms with Gasteiger partial charge in [-0.1, -0.05) is 0 Å². The van der Waals surface area contributed by atoms with Crippen molar-refractivity contribution >= 4 is 59.7 Å². The third-order valence-corrected chi connectivity index (χ3v) is 0.269. The van der Waals surface area contributed by atoms with Crippen molar-refractivity contribution in [2.75, 3.05) is 0 Å². The van der Waals surface area contributed by atoms with E-state index >= 15 is 0 Å². The minimum Gasteiger partial charge on any atom is -0.481 e. The van der Waals surface area contributed by atoms with Crippen molar-refractivity contribution in [3.63, 3.8) is 0 Å². The highest BCUT2D eigenvalue weighted by molar-refractivity contribution is 5.93. The average molecular weight is 582 g/mol. The van der Waals surface area contributed by atoms with Gasteiger partial charge in [-0.15, -0.1) is 0 Å². The molecule has 0 aromatic rings. The summed E-state index contributed by atoms with van der Waals surface area (Å²) in [5.74, 6) is -7.29. The third kappa shape index (κ3) is 13400. The molecule has 39 heavy (non-hydrogen) atoms. The minimum atomic E-state index is -0.833. The van der Waals surface area contributed by atoms with Gasteiger partial charge in [0.1, 0.15) is 0 Å². The Morgan fingerprint density at radius 3 is 0.436 bits per heavy atom. The topological polar surface area (TPSA) is 410 Å². The van der Waals surface area contributed by atoms with Crippen molar-refractivity contribution in [2.24, 2.45) is 11.5 Å². The number of hydrogen-bond acceptors (Lipinski definition) is 10. The highest BCUT2D eigenvalue weighted by Gasteiger charge is 1.83. The van der Waals surface area contributed by atoms with Gasteiger partial charge in [0.2, 0.25) is 0 Å². The van der Waals surface area contributed by atoms with Gasteiger partial charge in [0.15, 0.2) is 11.9 Å². The fourth-order valence-electron chi connectivity index (χ4n) is 0.145. The summed E-state index contributed by atoms with van der Waals surface area (Å²) < 4.78 is 0. The molecule has 0 unspecified atom stereocenters. The molecule has 0 aliphatic rings. The van der Waals surface area contributed by atoms with Crippen LogP contribution in [-0.4, -0.2) is 101 Å². The first-order chi connectivity index (χ1) is 17.0. The molecule has 0 aliphatic heterocycles. The van der Waals surface area contributed by atoms with E-state index in [2.05, 4.69) is 0 Å². The maximum Gasteiger partial charge on any atom is 0.300 e. The normalized spacial score (nSPS) is 6.46. The highest BCUT2D eigenvalue weighted by atomic mass is 16.4. The molecule has 0 heterocycles. The number of carbonyl (C=O) groups is 8. The van der Waals surface area contributed by atoms with E-state index in [-0.39, 0.29) is 11.9 Å². The average Bonchev–Trinajstić information content (AvgIpc) is 2.48. The van der Waals surface area contributed by atoms with E-state index in [9.17, 15) is 0 Å². The van der Waals surface area contributed by atoms with Gasteiger partial charge < -0.3 is 52.3 Å². The lowest BCUT2D eigenvalue weighted by molar-refractivity contribution is -0.135. The van der Waals surface area contributed by atoms with Crippen LogP contribution in [0, 0.1) is 10.8 Å². The molecule has 15 N–H and O–H groups in total. The summed E-state index contributed by atoms with van der Waals surface area (Å²) in [4.78, 5) is 72.0. The molecule has 0 aromatic carbocycles. The Balaban J connectivity index is -0.0000000374. The number of nitrogens with one attached hydrogen (secondary N) is 3.